The van der Waals surface area contributed by atoms with Crippen molar-refractivity contribution in [2.45, 2.75) is 18.2 Å². The Morgan fingerprint density at radius 3 is 2.83 bits per heavy atom. The van der Waals surface area contributed by atoms with Crippen molar-refractivity contribution in [3.63, 3.8) is 0 Å². The fraction of sp³-hybridized carbons (Fsp3) is 0.400. The molecule has 1 atom stereocenters. The van der Waals surface area contributed by atoms with Crippen molar-refractivity contribution in [2.75, 3.05) is 18.7 Å². The first-order valence-corrected chi connectivity index (χ1v) is 9.32. The second-order valence-corrected chi connectivity index (χ2v) is 6.92. The summed E-state index contributed by atoms with van der Waals surface area (Å²) in [7, 11) is 0. The second kappa shape index (κ2) is 10.5. The Morgan fingerprint density at radius 2 is 2.25 bits per heavy atom. The van der Waals surface area contributed by atoms with Crippen LogP contribution in [0.2, 0.25) is 0 Å². The minimum absolute atomic E-state index is 0. The Balaban J connectivity index is 0.00000288. The molecule has 0 saturated heterocycles. The van der Waals surface area contributed by atoms with Crippen LogP contribution in [0.15, 0.2) is 22.7 Å². The second-order valence-electron chi connectivity index (χ2n) is 4.73. The normalized spacial score (nSPS) is 17.6. The van der Waals surface area contributed by atoms with E-state index in [2.05, 4.69) is 22.0 Å². The molecule has 0 fully saturated rings. The summed E-state index contributed by atoms with van der Waals surface area (Å²) in [6, 6.07) is 5.17. The van der Waals surface area contributed by atoms with Gasteiger partial charge >= 0.3 is 0 Å². The number of rotatable bonds is 6. The third kappa shape index (κ3) is 5.66. The van der Waals surface area contributed by atoms with Crippen molar-refractivity contribution in [3.8, 4) is 5.75 Å². The molecule has 0 bridgehead atoms. The average molecular weight is 515 g/mol. The standard InChI is InChI=1S/C15H14BrClF2NO2S.Y/c1-23-8-22-9-2-3-10(11(16)6-9)13-5-4-12(17)15(21)20(13)7-14(18)19;/h2-3,6,12,14H,4,7-8H2,1H3;/q-1;. The van der Waals surface area contributed by atoms with Crippen LogP contribution in [0.5, 0.6) is 5.75 Å². The van der Waals surface area contributed by atoms with E-state index in [0.717, 1.165) is 4.90 Å². The van der Waals surface area contributed by atoms with Crippen LogP contribution in [0.1, 0.15) is 12.0 Å². The van der Waals surface area contributed by atoms with E-state index >= 15 is 0 Å². The fourth-order valence-corrected chi connectivity index (χ4v) is 3.11. The predicted molar refractivity (Wildman–Crippen MR) is 91.8 cm³/mol. The van der Waals surface area contributed by atoms with E-state index in [1.165, 1.54) is 11.8 Å². The van der Waals surface area contributed by atoms with Crippen molar-refractivity contribution in [1.82, 2.24) is 4.90 Å². The largest absolute Gasteiger partial charge is 0.483 e. The van der Waals surface area contributed by atoms with Crippen molar-refractivity contribution >= 4 is 50.9 Å². The van der Waals surface area contributed by atoms with Gasteiger partial charge in [0.2, 0.25) is 5.91 Å². The van der Waals surface area contributed by atoms with Gasteiger partial charge in [-0.3, -0.25) is 4.79 Å². The van der Waals surface area contributed by atoms with Gasteiger partial charge in [-0.25, -0.2) is 14.9 Å². The molecule has 2 rings (SSSR count). The molecule has 129 valence electrons. The molecule has 1 aromatic carbocycles. The Morgan fingerprint density at radius 1 is 1.54 bits per heavy atom. The summed E-state index contributed by atoms with van der Waals surface area (Å²) in [6.45, 7) is -0.707. The van der Waals surface area contributed by atoms with Crippen molar-refractivity contribution < 1.29 is 51.0 Å². The SMILES string of the molecule is CSCOc1ccc(C2=[C-]CC(Cl)C(=O)N2CC(F)F)c(Br)c1.[Y]. The number of alkyl halides is 3. The summed E-state index contributed by atoms with van der Waals surface area (Å²) < 4.78 is 31.7. The topological polar surface area (TPSA) is 29.5 Å². The Kier molecular flexibility index (Phi) is 9.74. The number of nitrogens with zero attached hydrogens (tertiary/aromatic N) is 1. The van der Waals surface area contributed by atoms with Crippen LogP contribution in [0.25, 0.3) is 5.70 Å². The van der Waals surface area contributed by atoms with Crippen LogP contribution in [0, 0.1) is 6.08 Å². The molecule has 3 nitrogen and oxygen atoms in total. The summed E-state index contributed by atoms with van der Waals surface area (Å²) in [5.41, 5.74) is 0.912. The van der Waals surface area contributed by atoms with Gasteiger partial charge in [0.15, 0.2) is 0 Å². The van der Waals surface area contributed by atoms with Gasteiger partial charge in [-0.05, 0) is 18.4 Å². The zero-order chi connectivity index (χ0) is 17.0. The molecule has 1 amide bonds. The molecule has 1 heterocycles. The van der Waals surface area contributed by atoms with Crippen LogP contribution >= 0.6 is 39.3 Å². The molecule has 0 aliphatic carbocycles. The van der Waals surface area contributed by atoms with Crippen LogP contribution in [0.4, 0.5) is 8.78 Å². The zero-order valence-corrected chi connectivity index (χ0v) is 18.8. The first-order chi connectivity index (χ1) is 10.9. The van der Waals surface area contributed by atoms with E-state index in [9.17, 15) is 13.6 Å². The summed E-state index contributed by atoms with van der Waals surface area (Å²) in [4.78, 5) is 13.1. The molecular weight excluding hydrogens is 500 g/mol. The van der Waals surface area contributed by atoms with Crippen molar-refractivity contribution in [3.05, 3.63) is 34.3 Å². The molecule has 1 aliphatic rings. The minimum Gasteiger partial charge on any atom is -0.483 e. The third-order valence-electron chi connectivity index (χ3n) is 3.11. The molecule has 0 N–H and O–H groups in total. The van der Waals surface area contributed by atoms with Gasteiger partial charge in [0.25, 0.3) is 6.43 Å². The van der Waals surface area contributed by atoms with Gasteiger partial charge in [0, 0.05) is 32.7 Å². The molecule has 1 aromatic rings. The molecule has 1 aliphatic heterocycles. The summed E-state index contributed by atoms with van der Waals surface area (Å²) in [5.74, 6) is 0.619. The van der Waals surface area contributed by atoms with Gasteiger partial charge in [-0.2, -0.15) is 0 Å². The van der Waals surface area contributed by atoms with E-state index < -0.39 is 24.3 Å². The molecule has 1 unspecified atom stereocenters. The van der Waals surface area contributed by atoms with Gasteiger partial charge < -0.3 is 9.64 Å². The molecule has 0 spiro atoms. The Hall–Kier alpha value is 0.314. The Labute approximate surface area is 182 Å². The van der Waals surface area contributed by atoms with Crippen LogP contribution in [0.3, 0.4) is 0 Å². The first kappa shape index (κ1) is 22.4. The van der Waals surface area contributed by atoms with Gasteiger partial charge in [-0.1, -0.05) is 26.8 Å². The number of ether oxygens (including phenoxy) is 1. The van der Waals surface area contributed by atoms with Crippen LogP contribution in [-0.2, 0) is 37.5 Å². The smallest absolute Gasteiger partial charge is 0.256 e. The quantitative estimate of drug-likeness (QED) is 0.320. The molecule has 24 heavy (non-hydrogen) atoms. The van der Waals surface area contributed by atoms with E-state index in [1.54, 1.807) is 18.2 Å². The molecule has 9 heteroatoms. The average Bonchev–Trinajstić information content (AvgIpc) is 2.50. The van der Waals surface area contributed by atoms with E-state index in [1.807, 2.05) is 6.26 Å². The van der Waals surface area contributed by atoms with Gasteiger partial charge in [-0.15, -0.1) is 40.7 Å². The number of hydrogen-bond acceptors (Lipinski definition) is 3. The number of hydrogen-bond donors (Lipinski definition) is 0. The number of carbonyl (C=O) groups is 1. The number of allylic oxidation sites excluding steroid dienone is 1. The van der Waals surface area contributed by atoms with Gasteiger partial charge in [0.05, 0.1) is 6.54 Å². The maximum Gasteiger partial charge on any atom is 0.256 e. The fourth-order valence-electron chi connectivity index (χ4n) is 2.11. The maximum atomic E-state index is 12.8. The van der Waals surface area contributed by atoms with E-state index in [0.29, 0.717) is 27.4 Å². The molecule has 0 aromatic heterocycles. The maximum absolute atomic E-state index is 12.8. The number of benzene rings is 1. The minimum atomic E-state index is -2.65. The number of thioether (sulfide) groups is 1. The molecule has 1 radical (unpaired) electrons. The third-order valence-corrected chi connectivity index (χ3v) is 4.46. The van der Waals surface area contributed by atoms with E-state index in [4.69, 9.17) is 16.3 Å². The van der Waals surface area contributed by atoms with E-state index in [-0.39, 0.29) is 39.1 Å². The predicted octanol–water partition coefficient (Wildman–Crippen LogP) is 4.39. The first-order valence-electron chi connectivity index (χ1n) is 6.70. The molecule has 0 saturated carbocycles. The van der Waals surface area contributed by atoms with Crippen LogP contribution < -0.4 is 4.74 Å². The summed E-state index contributed by atoms with van der Waals surface area (Å²) >= 11 is 10.8. The number of carbonyl (C=O) groups excluding carboxylic acids is 1. The Bertz CT molecular complexity index is 621. The zero-order valence-electron chi connectivity index (χ0n) is 12.8. The number of amides is 1. The van der Waals surface area contributed by atoms with Crippen molar-refractivity contribution in [1.29, 1.82) is 0 Å². The number of halogens is 4. The molecular formula is C15H14BrClF2NO2SY-. The van der Waals surface area contributed by atoms with Crippen LogP contribution in [-0.4, -0.2) is 41.3 Å². The van der Waals surface area contributed by atoms with Gasteiger partial charge in [0.1, 0.15) is 17.1 Å². The monoisotopic (exact) mass is 513 g/mol. The summed E-state index contributed by atoms with van der Waals surface area (Å²) in [5, 5.41) is -0.861. The van der Waals surface area contributed by atoms with Crippen molar-refractivity contribution in [2.24, 2.45) is 0 Å². The summed E-state index contributed by atoms with van der Waals surface area (Å²) in [6.07, 6.45) is 2.41.